The topological polar surface area (TPSA) is 26.3 Å². The Labute approximate surface area is 118 Å². The second-order valence-corrected chi connectivity index (χ2v) is 5.08. The molecular weight excluding hydrogens is 248 g/mol. The first kappa shape index (κ1) is 12.7. The first-order valence-electron chi connectivity index (χ1n) is 6.71. The smallest absolute Gasteiger partial charge is 0.339 e. The Kier molecular flexibility index (Phi) is 3.15. The lowest BCUT2D eigenvalue weighted by atomic mass is 10.0. The SMILES string of the molecule is Cc1cccc(C)c1C(=O)OC1C=Cc2ccccc21. The van der Waals surface area contributed by atoms with Crippen molar-refractivity contribution in [3.05, 3.63) is 76.4 Å². The number of aryl methyl sites for hydroxylation is 2. The normalized spacial score (nSPS) is 16.0. The summed E-state index contributed by atoms with van der Waals surface area (Å²) < 4.78 is 5.66. The maximum absolute atomic E-state index is 12.4. The number of benzene rings is 2. The van der Waals surface area contributed by atoms with E-state index in [1.807, 2.05) is 68.5 Å². The molecule has 1 unspecified atom stereocenters. The van der Waals surface area contributed by atoms with E-state index in [1.54, 1.807) is 0 Å². The molecule has 2 heteroatoms. The lowest BCUT2D eigenvalue weighted by molar-refractivity contribution is 0.0395. The number of ether oxygens (including phenoxy) is 1. The third-order valence-electron chi connectivity index (χ3n) is 3.67. The maximum atomic E-state index is 12.4. The predicted molar refractivity (Wildman–Crippen MR) is 79.5 cm³/mol. The van der Waals surface area contributed by atoms with Gasteiger partial charge in [-0.15, -0.1) is 0 Å². The molecule has 20 heavy (non-hydrogen) atoms. The summed E-state index contributed by atoms with van der Waals surface area (Å²) in [5.41, 5.74) is 4.74. The maximum Gasteiger partial charge on any atom is 0.339 e. The molecule has 0 radical (unpaired) electrons. The molecule has 0 aromatic heterocycles. The standard InChI is InChI=1S/C18H16O2/c1-12-6-5-7-13(2)17(12)18(19)20-16-11-10-14-8-3-4-9-15(14)16/h3-11,16H,1-2H3. The molecule has 0 saturated heterocycles. The van der Waals surface area contributed by atoms with Crippen molar-refractivity contribution >= 4 is 12.0 Å². The summed E-state index contributed by atoms with van der Waals surface area (Å²) in [7, 11) is 0. The number of rotatable bonds is 2. The van der Waals surface area contributed by atoms with Crippen molar-refractivity contribution in [1.82, 2.24) is 0 Å². The van der Waals surface area contributed by atoms with Crippen molar-refractivity contribution in [2.45, 2.75) is 20.0 Å². The van der Waals surface area contributed by atoms with Crippen LogP contribution >= 0.6 is 0 Å². The quantitative estimate of drug-likeness (QED) is 0.759. The average Bonchev–Trinajstić information content (AvgIpc) is 2.82. The van der Waals surface area contributed by atoms with Crippen LogP contribution in [0.1, 0.15) is 38.7 Å². The fraction of sp³-hybridized carbons (Fsp3) is 0.167. The van der Waals surface area contributed by atoms with E-state index in [-0.39, 0.29) is 12.1 Å². The Morgan fingerprint density at radius 1 is 1.00 bits per heavy atom. The Morgan fingerprint density at radius 2 is 1.70 bits per heavy atom. The van der Waals surface area contributed by atoms with Crippen LogP contribution in [0.25, 0.3) is 6.08 Å². The number of hydrogen-bond donors (Lipinski definition) is 0. The lowest BCUT2D eigenvalue weighted by Crippen LogP contribution is -2.12. The molecule has 2 aromatic rings. The van der Waals surface area contributed by atoms with E-state index in [1.165, 1.54) is 0 Å². The van der Waals surface area contributed by atoms with E-state index in [4.69, 9.17) is 4.74 Å². The number of fused-ring (bicyclic) bond motifs is 1. The third kappa shape index (κ3) is 2.14. The van der Waals surface area contributed by atoms with Crippen molar-refractivity contribution in [1.29, 1.82) is 0 Å². The molecule has 1 aliphatic carbocycles. The molecule has 0 fully saturated rings. The van der Waals surface area contributed by atoms with Gasteiger partial charge in [-0.1, -0.05) is 48.5 Å². The Balaban J connectivity index is 1.87. The highest BCUT2D eigenvalue weighted by atomic mass is 16.5. The van der Waals surface area contributed by atoms with Crippen LogP contribution in [0.15, 0.2) is 48.5 Å². The van der Waals surface area contributed by atoms with Crippen LogP contribution in [0.4, 0.5) is 0 Å². The van der Waals surface area contributed by atoms with Gasteiger partial charge in [0, 0.05) is 5.56 Å². The molecular formula is C18H16O2. The summed E-state index contributed by atoms with van der Waals surface area (Å²) in [5.74, 6) is -0.257. The van der Waals surface area contributed by atoms with Gasteiger partial charge in [0.05, 0.1) is 5.56 Å². The van der Waals surface area contributed by atoms with Crippen LogP contribution in [-0.4, -0.2) is 5.97 Å². The van der Waals surface area contributed by atoms with E-state index in [2.05, 4.69) is 0 Å². The number of carbonyl (C=O) groups is 1. The number of hydrogen-bond acceptors (Lipinski definition) is 2. The molecule has 1 atom stereocenters. The summed E-state index contributed by atoms with van der Waals surface area (Å²) in [5, 5.41) is 0. The molecule has 0 heterocycles. The van der Waals surface area contributed by atoms with Gasteiger partial charge in [-0.05, 0) is 36.6 Å². The zero-order valence-electron chi connectivity index (χ0n) is 11.6. The Hall–Kier alpha value is -2.35. The summed E-state index contributed by atoms with van der Waals surface area (Å²) in [6.45, 7) is 3.87. The van der Waals surface area contributed by atoms with Gasteiger partial charge in [-0.2, -0.15) is 0 Å². The largest absolute Gasteiger partial charge is 0.450 e. The molecule has 0 amide bonds. The fourth-order valence-electron chi connectivity index (χ4n) is 2.63. The Bertz CT molecular complexity index is 678. The van der Waals surface area contributed by atoms with Crippen LogP contribution in [0.3, 0.4) is 0 Å². The molecule has 3 rings (SSSR count). The second kappa shape index (κ2) is 4.97. The molecule has 100 valence electrons. The first-order chi connectivity index (χ1) is 9.66. The van der Waals surface area contributed by atoms with Crippen molar-refractivity contribution in [3.8, 4) is 0 Å². The van der Waals surface area contributed by atoms with Gasteiger partial charge in [0.2, 0.25) is 0 Å². The van der Waals surface area contributed by atoms with Gasteiger partial charge in [-0.25, -0.2) is 4.79 Å². The van der Waals surface area contributed by atoms with Crippen LogP contribution in [0.2, 0.25) is 0 Å². The first-order valence-corrected chi connectivity index (χ1v) is 6.71. The molecule has 0 bridgehead atoms. The summed E-state index contributed by atoms with van der Waals surface area (Å²) in [6, 6.07) is 13.8. The highest BCUT2D eigenvalue weighted by Gasteiger charge is 2.22. The van der Waals surface area contributed by atoms with Crippen LogP contribution in [0.5, 0.6) is 0 Å². The highest BCUT2D eigenvalue weighted by molar-refractivity contribution is 5.93. The van der Waals surface area contributed by atoms with E-state index < -0.39 is 0 Å². The molecule has 0 saturated carbocycles. The minimum Gasteiger partial charge on any atom is -0.450 e. The van der Waals surface area contributed by atoms with Crippen molar-refractivity contribution < 1.29 is 9.53 Å². The summed E-state index contributed by atoms with van der Waals surface area (Å²) in [4.78, 5) is 12.4. The van der Waals surface area contributed by atoms with Crippen LogP contribution < -0.4 is 0 Å². The molecule has 2 nitrogen and oxygen atoms in total. The van der Waals surface area contributed by atoms with E-state index in [9.17, 15) is 4.79 Å². The zero-order valence-corrected chi connectivity index (χ0v) is 11.6. The zero-order chi connectivity index (χ0) is 14.1. The van der Waals surface area contributed by atoms with Crippen molar-refractivity contribution in [2.75, 3.05) is 0 Å². The van der Waals surface area contributed by atoms with E-state index in [0.29, 0.717) is 5.56 Å². The third-order valence-corrected chi connectivity index (χ3v) is 3.67. The Morgan fingerprint density at radius 3 is 2.45 bits per heavy atom. The molecule has 0 N–H and O–H groups in total. The summed E-state index contributed by atoms with van der Waals surface area (Å²) >= 11 is 0. The molecule has 0 spiro atoms. The van der Waals surface area contributed by atoms with Gasteiger partial charge in [-0.3, -0.25) is 0 Å². The van der Waals surface area contributed by atoms with Gasteiger partial charge in [0.1, 0.15) is 6.10 Å². The van der Waals surface area contributed by atoms with Gasteiger partial charge < -0.3 is 4.74 Å². The fourth-order valence-corrected chi connectivity index (χ4v) is 2.63. The average molecular weight is 264 g/mol. The number of esters is 1. The molecule has 2 aromatic carbocycles. The minimum atomic E-state index is -0.280. The number of carbonyl (C=O) groups excluding carboxylic acids is 1. The van der Waals surface area contributed by atoms with E-state index in [0.717, 1.165) is 22.3 Å². The molecule has 0 aliphatic heterocycles. The lowest BCUT2D eigenvalue weighted by Gasteiger charge is -2.15. The minimum absolute atomic E-state index is 0.257. The van der Waals surface area contributed by atoms with E-state index >= 15 is 0 Å². The van der Waals surface area contributed by atoms with Crippen LogP contribution in [0, 0.1) is 13.8 Å². The van der Waals surface area contributed by atoms with Crippen molar-refractivity contribution in [2.24, 2.45) is 0 Å². The predicted octanol–water partition coefficient (Wildman–Crippen LogP) is 4.23. The summed E-state index contributed by atoms with van der Waals surface area (Å²) in [6.07, 6.45) is 3.64. The monoisotopic (exact) mass is 264 g/mol. The molecule has 1 aliphatic rings. The van der Waals surface area contributed by atoms with Gasteiger partial charge in [0.25, 0.3) is 0 Å². The highest BCUT2D eigenvalue weighted by Crippen LogP contribution is 2.31. The van der Waals surface area contributed by atoms with Gasteiger partial charge in [0.15, 0.2) is 0 Å². The second-order valence-electron chi connectivity index (χ2n) is 5.08. The van der Waals surface area contributed by atoms with Crippen molar-refractivity contribution in [3.63, 3.8) is 0 Å². The van der Waals surface area contributed by atoms with Gasteiger partial charge >= 0.3 is 5.97 Å². The van der Waals surface area contributed by atoms with Crippen LogP contribution in [-0.2, 0) is 4.74 Å².